The van der Waals surface area contributed by atoms with Crippen LogP contribution in [0.3, 0.4) is 0 Å². The number of thiophene rings is 1. The summed E-state index contributed by atoms with van der Waals surface area (Å²) in [6, 6.07) is 0. The molecular formula is C11H14N2OS2. The molecule has 2 aromatic heterocycles. The van der Waals surface area contributed by atoms with Crippen LogP contribution in [-0.4, -0.2) is 29.4 Å². The van der Waals surface area contributed by atoms with Crippen LogP contribution in [0.1, 0.15) is 10.4 Å². The smallest absolute Gasteiger partial charge is 0.128 e. The van der Waals surface area contributed by atoms with E-state index >= 15 is 0 Å². The number of aryl methyl sites for hydroxylation is 2. The van der Waals surface area contributed by atoms with Crippen LogP contribution in [0.2, 0.25) is 0 Å². The first-order valence-electron chi connectivity index (χ1n) is 5.06. The molecule has 0 N–H and O–H groups in total. The van der Waals surface area contributed by atoms with E-state index in [0.29, 0.717) is 0 Å². The SMILES string of the molecule is COCCSc1ncnc2sc(C)c(C)c12. The number of hydrogen-bond donors (Lipinski definition) is 0. The fraction of sp³-hybridized carbons (Fsp3) is 0.455. The van der Waals surface area contributed by atoms with Gasteiger partial charge in [0.2, 0.25) is 0 Å². The third-order valence-electron chi connectivity index (χ3n) is 2.46. The quantitative estimate of drug-likeness (QED) is 0.477. The molecule has 0 spiro atoms. The summed E-state index contributed by atoms with van der Waals surface area (Å²) < 4.78 is 5.05. The van der Waals surface area contributed by atoms with Crippen molar-refractivity contribution < 1.29 is 4.74 Å². The molecule has 3 nitrogen and oxygen atoms in total. The molecule has 0 saturated carbocycles. The van der Waals surface area contributed by atoms with Crippen LogP contribution in [0.15, 0.2) is 11.4 Å². The first kappa shape index (κ1) is 11.8. The molecule has 2 heterocycles. The normalized spacial score (nSPS) is 11.2. The lowest BCUT2D eigenvalue weighted by Gasteiger charge is -2.02. The molecule has 0 aliphatic rings. The second kappa shape index (κ2) is 5.12. The van der Waals surface area contributed by atoms with E-state index in [1.165, 1.54) is 15.8 Å². The van der Waals surface area contributed by atoms with Crippen molar-refractivity contribution in [3.05, 3.63) is 16.8 Å². The average molecular weight is 254 g/mol. The number of thioether (sulfide) groups is 1. The molecule has 0 bridgehead atoms. The van der Waals surface area contributed by atoms with Gasteiger partial charge in [0.1, 0.15) is 16.2 Å². The van der Waals surface area contributed by atoms with E-state index in [-0.39, 0.29) is 0 Å². The maximum absolute atomic E-state index is 5.05. The van der Waals surface area contributed by atoms with E-state index in [1.54, 1.807) is 36.5 Å². The summed E-state index contributed by atoms with van der Waals surface area (Å²) in [5.74, 6) is 0.928. The largest absolute Gasteiger partial charge is 0.384 e. The molecule has 0 aliphatic carbocycles. The van der Waals surface area contributed by atoms with Crippen LogP contribution in [0.5, 0.6) is 0 Å². The second-order valence-electron chi connectivity index (χ2n) is 3.48. The summed E-state index contributed by atoms with van der Waals surface area (Å²) in [5.41, 5.74) is 1.31. The number of fused-ring (bicyclic) bond motifs is 1. The molecule has 0 fully saturated rings. The summed E-state index contributed by atoms with van der Waals surface area (Å²) in [4.78, 5) is 11.1. The molecule has 0 aromatic carbocycles. The molecule has 0 radical (unpaired) electrons. The van der Waals surface area contributed by atoms with E-state index < -0.39 is 0 Å². The number of methoxy groups -OCH3 is 1. The standard InChI is InChI=1S/C11H14N2OS2/c1-7-8(2)16-11-9(7)10(12-6-13-11)15-5-4-14-3/h6H,4-5H2,1-3H3. The molecule has 5 heteroatoms. The predicted molar refractivity (Wildman–Crippen MR) is 69.5 cm³/mol. The Labute approximate surface area is 103 Å². The van der Waals surface area contributed by atoms with Gasteiger partial charge in [-0.2, -0.15) is 0 Å². The van der Waals surface area contributed by atoms with Gasteiger partial charge in [-0.3, -0.25) is 0 Å². The van der Waals surface area contributed by atoms with Gasteiger partial charge in [0.05, 0.1) is 6.61 Å². The fourth-order valence-electron chi connectivity index (χ4n) is 1.48. The van der Waals surface area contributed by atoms with E-state index in [1.807, 2.05) is 0 Å². The Balaban J connectivity index is 2.36. The molecule has 2 rings (SSSR count). The molecule has 16 heavy (non-hydrogen) atoms. The number of aromatic nitrogens is 2. The van der Waals surface area contributed by atoms with Gasteiger partial charge in [0, 0.05) is 23.1 Å². The topological polar surface area (TPSA) is 35.0 Å². The number of rotatable bonds is 4. The second-order valence-corrected chi connectivity index (χ2v) is 5.77. The zero-order chi connectivity index (χ0) is 11.5. The molecule has 0 unspecified atom stereocenters. The van der Waals surface area contributed by atoms with Crippen molar-refractivity contribution in [1.29, 1.82) is 0 Å². The maximum atomic E-state index is 5.05. The highest BCUT2D eigenvalue weighted by atomic mass is 32.2. The highest BCUT2D eigenvalue weighted by molar-refractivity contribution is 7.99. The van der Waals surface area contributed by atoms with Crippen LogP contribution >= 0.6 is 23.1 Å². The summed E-state index contributed by atoms with van der Waals surface area (Å²) in [6.45, 7) is 5.02. The van der Waals surface area contributed by atoms with Gasteiger partial charge in [-0.1, -0.05) is 0 Å². The lowest BCUT2D eigenvalue weighted by atomic mass is 10.2. The van der Waals surface area contributed by atoms with Gasteiger partial charge in [-0.05, 0) is 19.4 Å². The lowest BCUT2D eigenvalue weighted by molar-refractivity contribution is 0.218. The summed E-state index contributed by atoms with van der Waals surface area (Å²) in [5, 5.41) is 2.29. The van der Waals surface area contributed by atoms with Crippen LogP contribution < -0.4 is 0 Å². The Morgan fingerprint density at radius 1 is 1.38 bits per heavy atom. The minimum Gasteiger partial charge on any atom is -0.384 e. The van der Waals surface area contributed by atoms with Gasteiger partial charge in [0.15, 0.2) is 0 Å². The zero-order valence-electron chi connectivity index (χ0n) is 9.61. The van der Waals surface area contributed by atoms with Crippen LogP contribution in [0.4, 0.5) is 0 Å². The molecular weight excluding hydrogens is 240 g/mol. The van der Waals surface area contributed by atoms with E-state index in [2.05, 4.69) is 23.8 Å². The minimum absolute atomic E-state index is 0.748. The van der Waals surface area contributed by atoms with Gasteiger partial charge >= 0.3 is 0 Å². The van der Waals surface area contributed by atoms with Crippen molar-refractivity contribution in [2.24, 2.45) is 0 Å². The average Bonchev–Trinajstić information content (AvgIpc) is 2.56. The van der Waals surface area contributed by atoms with Crippen molar-refractivity contribution in [2.45, 2.75) is 18.9 Å². The van der Waals surface area contributed by atoms with Crippen molar-refractivity contribution in [1.82, 2.24) is 9.97 Å². The van der Waals surface area contributed by atoms with Gasteiger partial charge in [-0.25, -0.2) is 9.97 Å². The summed E-state index contributed by atoms with van der Waals surface area (Å²) >= 11 is 3.47. The van der Waals surface area contributed by atoms with E-state index in [9.17, 15) is 0 Å². The van der Waals surface area contributed by atoms with Gasteiger partial charge in [0.25, 0.3) is 0 Å². The molecule has 2 aromatic rings. The third kappa shape index (κ3) is 2.21. The van der Waals surface area contributed by atoms with Crippen LogP contribution in [-0.2, 0) is 4.74 Å². The molecule has 0 atom stereocenters. The maximum Gasteiger partial charge on any atom is 0.128 e. The Kier molecular flexibility index (Phi) is 3.78. The highest BCUT2D eigenvalue weighted by Gasteiger charge is 2.11. The summed E-state index contributed by atoms with van der Waals surface area (Å²) in [7, 11) is 1.72. The first-order chi connectivity index (χ1) is 7.74. The Bertz CT molecular complexity index is 496. The predicted octanol–water partition coefficient (Wildman–Crippen LogP) is 3.05. The minimum atomic E-state index is 0.748. The Morgan fingerprint density at radius 3 is 2.94 bits per heavy atom. The van der Waals surface area contributed by atoms with Gasteiger partial charge in [-0.15, -0.1) is 23.1 Å². The number of nitrogens with zero attached hydrogens (tertiary/aromatic N) is 2. The van der Waals surface area contributed by atoms with E-state index in [4.69, 9.17) is 4.74 Å². The summed E-state index contributed by atoms with van der Waals surface area (Å²) in [6.07, 6.45) is 1.65. The van der Waals surface area contributed by atoms with Crippen molar-refractivity contribution in [3.63, 3.8) is 0 Å². The molecule has 0 amide bonds. The first-order valence-corrected chi connectivity index (χ1v) is 6.86. The fourth-order valence-corrected chi connectivity index (χ4v) is 3.50. The third-order valence-corrected chi connectivity index (χ3v) is 4.53. The highest BCUT2D eigenvalue weighted by Crippen LogP contribution is 2.34. The van der Waals surface area contributed by atoms with Crippen molar-refractivity contribution in [3.8, 4) is 0 Å². The lowest BCUT2D eigenvalue weighted by Crippen LogP contribution is -1.93. The monoisotopic (exact) mass is 254 g/mol. The van der Waals surface area contributed by atoms with Crippen LogP contribution in [0, 0.1) is 13.8 Å². The molecule has 0 aliphatic heterocycles. The van der Waals surface area contributed by atoms with Crippen LogP contribution in [0.25, 0.3) is 10.2 Å². The van der Waals surface area contributed by atoms with Gasteiger partial charge < -0.3 is 4.74 Å². The molecule has 0 saturated heterocycles. The zero-order valence-corrected chi connectivity index (χ0v) is 11.2. The van der Waals surface area contributed by atoms with E-state index in [0.717, 1.165) is 22.2 Å². The van der Waals surface area contributed by atoms with Crippen molar-refractivity contribution >= 4 is 33.3 Å². The molecule has 86 valence electrons. The Hall–Kier alpha value is -0.650. The van der Waals surface area contributed by atoms with Crippen molar-refractivity contribution in [2.75, 3.05) is 19.5 Å². The number of ether oxygens (including phenoxy) is 1. The Morgan fingerprint density at radius 2 is 2.19 bits per heavy atom. The number of hydrogen-bond acceptors (Lipinski definition) is 5.